The van der Waals surface area contributed by atoms with E-state index < -0.39 is 0 Å². The SMILES string of the molecule is CN(C)CCNC(=O)c1cc2c(Nc3cc4cn[nH]c4cn3)ncnc2[nH]1. The Kier molecular flexibility index (Phi) is 4.38. The van der Waals surface area contributed by atoms with Gasteiger partial charge in [-0.25, -0.2) is 15.0 Å². The van der Waals surface area contributed by atoms with Crippen molar-refractivity contribution in [3.8, 4) is 0 Å². The lowest BCUT2D eigenvalue weighted by molar-refractivity contribution is 0.0947. The molecule has 138 valence electrons. The smallest absolute Gasteiger partial charge is 0.267 e. The van der Waals surface area contributed by atoms with Gasteiger partial charge in [0.1, 0.15) is 29.3 Å². The largest absolute Gasteiger partial charge is 0.349 e. The molecule has 0 spiro atoms. The normalized spacial score (nSPS) is 11.4. The molecule has 4 aromatic rings. The van der Waals surface area contributed by atoms with Crippen molar-refractivity contribution >= 4 is 39.5 Å². The van der Waals surface area contributed by atoms with E-state index in [-0.39, 0.29) is 5.91 Å². The van der Waals surface area contributed by atoms with Crippen LogP contribution in [0, 0.1) is 0 Å². The molecule has 0 aromatic carbocycles. The van der Waals surface area contributed by atoms with Gasteiger partial charge in [0, 0.05) is 18.5 Å². The van der Waals surface area contributed by atoms with Crippen LogP contribution < -0.4 is 10.6 Å². The molecule has 0 radical (unpaired) electrons. The topological polar surface area (TPSA) is 128 Å². The number of rotatable bonds is 6. The van der Waals surface area contributed by atoms with Crippen LogP contribution in [0.25, 0.3) is 21.9 Å². The Bertz CT molecular complexity index is 1100. The second-order valence-corrected chi connectivity index (χ2v) is 6.38. The first-order valence-corrected chi connectivity index (χ1v) is 8.43. The van der Waals surface area contributed by atoms with E-state index >= 15 is 0 Å². The zero-order valence-corrected chi connectivity index (χ0v) is 14.9. The Morgan fingerprint density at radius 1 is 1.19 bits per heavy atom. The van der Waals surface area contributed by atoms with Crippen molar-refractivity contribution in [2.75, 3.05) is 32.5 Å². The van der Waals surface area contributed by atoms with Gasteiger partial charge in [0.15, 0.2) is 0 Å². The molecule has 0 atom stereocenters. The van der Waals surface area contributed by atoms with Gasteiger partial charge in [-0.15, -0.1) is 0 Å². The molecule has 4 aromatic heterocycles. The molecule has 27 heavy (non-hydrogen) atoms. The van der Waals surface area contributed by atoms with Crippen LogP contribution in [-0.4, -0.2) is 68.1 Å². The Hall–Kier alpha value is -3.53. The Morgan fingerprint density at radius 3 is 2.93 bits per heavy atom. The number of nitrogens with one attached hydrogen (secondary N) is 4. The molecule has 4 heterocycles. The lowest BCUT2D eigenvalue weighted by Crippen LogP contribution is -2.31. The highest BCUT2D eigenvalue weighted by molar-refractivity contribution is 6.00. The van der Waals surface area contributed by atoms with Crippen molar-refractivity contribution in [2.24, 2.45) is 0 Å². The number of hydrogen-bond donors (Lipinski definition) is 4. The third kappa shape index (κ3) is 3.55. The van der Waals surface area contributed by atoms with E-state index in [9.17, 15) is 4.79 Å². The maximum absolute atomic E-state index is 12.3. The number of pyridine rings is 1. The van der Waals surface area contributed by atoms with Crippen molar-refractivity contribution in [2.45, 2.75) is 0 Å². The fourth-order valence-corrected chi connectivity index (χ4v) is 2.68. The van der Waals surface area contributed by atoms with E-state index in [1.165, 1.54) is 6.33 Å². The summed E-state index contributed by atoms with van der Waals surface area (Å²) >= 11 is 0. The molecule has 1 amide bonds. The number of H-pyrrole nitrogens is 2. The van der Waals surface area contributed by atoms with Gasteiger partial charge >= 0.3 is 0 Å². The second-order valence-electron chi connectivity index (χ2n) is 6.38. The summed E-state index contributed by atoms with van der Waals surface area (Å²) in [5.41, 5.74) is 1.87. The molecule has 0 saturated heterocycles. The van der Waals surface area contributed by atoms with Crippen LogP contribution in [0.5, 0.6) is 0 Å². The van der Waals surface area contributed by atoms with Crippen molar-refractivity contribution in [1.29, 1.82) is 0 Å². The zero-order chi connectivity index (χ0) is 18.8. The molecule has 0 aliphatic carbocycles. The van der Waals surface area contributed by atoms with Crippen LogP contribution in [0.4, 0.5) is 11.6 Å². The van der Waals surface area contributed by atoms with Gasteiger partial charge in [-0.1, -0.05) is 0 Å². The lowest BCUT2D eigenvalue weighted by Gasteiger charge is -2.09. The fourth-order valence-electron chi connectivity index (χ4n) is 2.68. The molecule has 10 heteroatoms. The molecule has 0 fully saturated rings. The third-order valence-electron chi connectivity index (χ3n) is 4.09. The minimum Gasteiger partial charge on any atom is -0.349 e. The second kappa shape index (κ2) is 7.00. The van der Waals surface area contributed by atoms with Gasteiger partial charge < -0.3 is 20.5 Å². The summed E-state index contributed by atoms with van der Waals surface area (Å²) < 4.78 is 0. The van der Waals surface area contributed by atoms with Gasteiger partial charge in [0.05, 0.1) is 23.3 Å². The third-order valence-corrected chi connectivity index (χ3v) is 4.09. The standard InChI is InChI=1S/C17H19N9O/c1-26(2)4-3-18-17(27)12-6-11-15(23-12)20-9-21-16(11)24-14-5-10-7-22-25-13(10)8-19-14/h5-9H,3-4H2,1-2H3,(H,18,27)(H,22,25)(H2,19,20,21,23,24). The molecule has 4 rings (SSSR count). The number of carbonyl (C=O) groups excluding carboxylic acids is 1. The first-order chi connectivity index (χ1) is 13.1. The predicted molar refractivity (Wildman–Crippen MR) is 102 cm³/mol. The van der Waals surface area contributed by atoms with Crippen molar-refractivity contribution in [3.05, 3.63) is 36.5 Å². The highest BCUT2D eigenvalue weighted by Gasteiger charge is 2.13. The average Bonchev–Trinajstić information content (AvgIpc) is 3.28. The summed E-state index contributed by atoms with van der Waals surface area (Å²) in [6.07, 6.45) is 4.86. The summed E-state index contributed by atoms with van der Waals surface area (Å²) in [5.74, 6) is 1.01. The Balaban J connectivity index is 1.58. The number of aromatic nitrogens is 6. The number of anilines is 2. The summed E-state index contributed by atoms with van der Waals surface area (Å²) in [4.78, 5) is 30.2. The van der Waals surface area contributed by atoms with Crippen LogP contribution in [0.2, 0.25) is 0 Å². The number of carbonyl (C=O) groups is 1. The van der Waals surface area contributed by atoms with Crippen LogP contribution in [0.3, 0.4) is 0 Å². The van der Waals surface area contributed by atoms with E-state index in [1.807, 2.05) is 25.1 Å². The monoisotopic (exact) mass is 365 g/mol. The molecule has 10 nitrogen and oxygen atoms in total. The van der Waals surface area contributed by atoms with Crippen LogP contribution >= 0.6 is 0 Å². The van der Waals surface area contributed by atoms with Gasteiger partial charge in [0.2, 0.25) is 0 Å². The fraction of sp³-hybridized carbons (Fsp3) is 0.235. The molecular weight excluding hydrogens is 346 g/mol. The molecule has 4 N–H and O–H groups in total. The van der Waals surface area contributed by atoms with Gasteiger partial charge in [-0.2, -0.15) is 5.10 Å². The van der Waals surface area contributed by atoms with E-state index in [2.05, 4.69) is 40.8 Å². The van der Waals surface area contributed by atoms with Gasteiger partial charge in [-0.05, 0) is 26.2 Å². The zero-order valence-electron chi connectivity index (χ0n) is 14.9. The molecular formula is C17H19N9O. The first-order valence-electron chi connectivity index (χ1n) is 8.43. The number of nitrogens with zero attached hydrogens (tertiary/aromatic N) is 5. The maximum atomic E-state index is 12.3. The molecule has 0 aliphatic rings. The quantitative estimate of drug-likeness (QED) is 0.405. The van der Waals surface area contributed by atoms with Crippen LogP contribution in [0.15, 0.2) is 30.9 Å². The summed E-state index contributed by atoms with van der Waals surface area (Å²) in [5, 5.41) is 14.5. The van der Waals surface area contributed by atoms with E-state index in [4.69, 9.17) is 0 Å². The van der Waals surface area contributed by atoms with Crippen LogP contribution in [0.1, 0.15) is 10.5 Å². The molecule has 0 saturated carbocycles. The number of aromatic amines is 2. The number of amides is 1. The van der Waals surface area contributed by atoms with E-state index in [1.54, 1.807) is 18.5 Å². The molecule has 0 unspecified atom stereocenters. The Morgan fingerprint density at radius 2 is 2.07 bits per heavy atom. The first kappa shape index (κ1) is 16.9. The predicted octanol–water partition coefficient (Wildman–Crippen LogP) is 1.26. The number of hydrogen-bond acceptors (Lipinski definition) is 7. The van der Waals surface area contributed by atoms with Crippen LogP contribution in [-0.2, 0) is 0 Å². The highest BCUT2D eigenvalue weighted by Crippen LogP contribution is 2.24. The summed E-state index contributed by atoms with van der Waals surface area (Å²) in [7, 11) is 3.91. The average molecular weight is 365 g/mol. The minimum atomic E-state index is -0.182. The van der Waals surface area contributed by atoms with Gasteiger partial charge in [0.25, 0.3) is 5.91 Å². The summed E-state index contributed by atoms with van der Waals surface area (Å²) in [6, 6.07) is 3.60. The van der Waals surface area contributed by atoms with E-state index in [0.29, 0.717) is 34.9 Å². The minimum absolute atomic E-state index is 0.182. The Labute approximate surface area is 154 Å². The van der Waals surface area contributed by atoms with Crippen molar-refractivity contribution < 1.29 is 4.79 Å². The lowest BCUT2D eigenvalue weighted by atomic mass is 10.3. The highest BCUT2D eigenvalue weighted by atomic mass is 16.1. The van der Waals surface area contributed by atoms with E-state index in [0.717, 1.165) is 17.4 Å². The van der Waals surface area contributed by atoms with Crippen molar-refractivity contribution in [1.82, 2.24) is 40.3 Å². The maximum Gasteiger partial charge on any atom is 0.267 e. The molecule has 0 aliphatic heterocycles. The number of fused-ring (bicyclic) bond motifs is 2. The number of likely N-dealkylation sites (N-methyl/N-ethyl adjacent to an activating group) is 1. The molecule has 0 bridgehead atoms. The van der Waals surface area contributed by atoms with Gasteiger partial charge in [-0.3, -0.25) is 9.89 Å². The van der Waals surface area contributed by atoms with Crippen molar-refractivity contribution in [3.63, 3.8) is 0 Å². The summed E-state index contributed by atoms with van der Waals surface area (Å²) in [6.45, 7) is 1.33.